The Morgan fingerprint density at radius 2 is 1.88 bits per heavy atom. The van der Waals surface area contributed by atoms with Crippen LogP contribution in [0.2, 0.25) is 0 Å². The quantitative estimate of drug-likeness (QED) is 0.837. The van der Waals surface area contributed by atoms with Gasteiger partial charge in [-0.15, -0.1) is 0 Å². The van der Waals surface area contributed by atoms with E-state index in [-0.39, 0.29) is 4.90 Å². The molecule has 0 saturated carbocycles. The zero-order valence-electron chi connectivity index (χ0n) is 9.79. The van der Waals surface area contributed by atoms with Crippen LogP contribution >= 0.6 is 0 Å². The predicted molar refractivity (Wildman–Crippen MR) is 65.4 cm³/mol. The minimum Gasteiger partial charge on any atom is -0.238 e. The van der Waals surface area contributed by atoms with Gasteiger partial charge in [-0.2, -0.15) is 0 Å². The molecule has 0 radical (unpaired) electrons. The molecule has 1 aromatic carbocycles. The molecule has 0 amide bonds. The summed E-state index contributed by atoms with van der Waals surface area (Å²) in [5, 5.41) is 0. The third kappa shape index (κ3) is 2.10. The fraction of sp³-hybridized carbons (Fsp3) is 0.250. The molecule has 0 aliphatic heterocycles. The third-order valence-corrected chi connectivity index (χ3v) is 4.18. The summed E-state index contributed by atoms with van der Waals surface area (Å²) in [6, 6.07) is 8.39. The zero-order chi connectivity index (χ0) is 12.5. The van der Waals surface area contributed by atoms with E-state index in [2.05, 4.69) is 4.98 Å². The van der Waals surface area contributed by atoms with E-state index >= 15 is 0 Å². The number of aryl methyl sites for hydroxylation is 2. The van der Waals surface area contributed by atoms with E-state index < -0.39 is 10.0 Å². The fourth-order valence-electron chi connectivity index (χ4n) is 1.67. The van der Waals surface area contributed by atoms with Gasteiger partial charge < -0.3 is 0 Å². The average Bonchev–Trinajstić information content (AvgIpc) is 2.72. The molecule has 0 atom stereocenters. The molecular formula is C12H14N2O2S. The standard InChI is InChI=1S/C12H14N2O2S/c1-3-12-13-10(2)9-14(12)17(15,16)11-7-5-4-6-8-11/h4-9H,3H2,1-2H3. The Morgan fingerprint density at radius 3 is 2.47 bits per heavy atom. The Hall–Kier alpha value is -1.62. The summed E-state index contributed by atoms with van der Waals surface area (Å²) in [5.41, 5.74) is 0.710. The Balaban J connectivity index is 2.60. The number of aromatic nitrogens is 2. The maximum atomic E-state index is 12.3. The fourth-order valence-corrected chi connectivity index (χ4v) is 3.14. The van der Waals surface area contributed by atoms with Gasteiger partial charge in [-0.05, 0) is 19.1 Å². The molecule has 0 N–H and O–H groups in total. The van der Waals surface area contributed by atoms with Gasteiger partial charge in [0.25, 0.3) is 10.0 Å². The van der Waals surface area contributed by atoms with Crippen molar-refractivity contribution in [3.05, 3.63) is 48.0 Å². The SMILES string of the molecule is CCc1nc(C)cn1S(=O)(=O)c1ccccc1. The van der Waals surface area contributed by atoms with Crippen LogP contribution in [-0.4, -0.2) is 17.4 Å². The van der Waals surface area contributed by atoms with Gasteiger partial charge in [-0.25, -0.2) is 17.4 Å². The molecule has 5 heteroatoms. The molecule has 4 nitrogen and oxygen atoms in total. The first kappa shape index (κ1) is 11.9. The number of imidazole rings is 1. The largest absolute Gasteiger partial charge is 0.269 e. The van der Waals surface area contributed by atoms with Crippen LogP contribution in [0.15, 0.2) is 41.4 Å². The minimum absolute atomic E-state index is 0.284. The molecule has 0 fully saturated rings. The summed E-state index contributed by atoms with van der Waals surface area (Å²) >= 11 is 0. The van der Waals surface area contributed by atoms with Crippen molar-refractivity contribution in [2.24, 2.45) is 0 Å². The van der Waals surface area contributed by atoms with Crippen LogP contribution in [-0.2, 0) is 16.4 Å². The second-order valence-electron chi connectivity index (χ2n) is 3.77. The van der Waals surface area contributed by atoms with Crippen molar-refractivity contribution in [1.29, 1.82) is 0 Å². The van der Waals surface area contributed by atoms with Crippen LogP contribution in [0.5, 0.6) is 0 Å². The molecule has 0 spiro atoms. The lowest BCUT2D eigenvalue weighted by atomic mass is 10.4. The highest BCUT2D eigenvalue weighted by Crippen LogP contribution is 2.16. The van der Waals surface area contributed by atoms with Gasteiger partial charge in [-0.3, -0.25) is 0 Å². The van der Waals surface area contributed by atoms with Crippen molar-refractivity contribution in [2.75, 3.05) is 0 Å². The average molecular weight is 250 g/mol. The summed E-state index contributed by atoms with van der Waals surface area (Å²) in [6.45, 7) is 3.68. The summed E-state index contributed by atoms with van der Waals surface area (Å²) in [5.74, 6) is 0.561. The molecule has 0 unspecified atom stereocenters. The van der Waals surface area contributed by atoms with Gasteiger partial charge in [0.15, 0.2) is 0 Å². The third-order valence-electron chi connectivity index (χ3n) is 2.48. The van der Waals surface area contributed by atoms with E-state index in [1.54, 1.807) is 43.5 Å². The Morgan fingerprint density at radius 1 is 1.24 bits per heavy atom. The van der Waals surface area contributed by atoms with Gasteiger partial charge >= 0.3 is 0 Å². The smallest absolute Gasteiger partial charge is 0.238 e. The highest BCUT2D eigenvalue weighted by Gasteiger charge is 2.19. The lowest BCUT2D eigenvalue weighted by Gasteiger charge is -2.07. The number of hydrogen-bond acceptors (Lipinski definition) is 3. The van der Waals surface area contributed by atoms with E-state index in [1.807, 2.05) is 6.92 Å². The normalized spacial score (nSPS) is 11.6. The van der Waals surface area contributed by atoms with Crippen LogP contribution in [0, 0.1) is 6.92 Å². The van der Waals surface area contributed by atoms with Crippen molar-refractivity contribution in [1.82, 2.24) is 8.96 Å². The van der Waals surface area contributed by atoms with Crippen molar-refractivity contribution in [3.63, 3.8) is 0 Å². The molecule has 0 bridgehead atoms. The summed E-state index contributed by atoms with van der Waals surface area (Å²) in [7, 11) is -3.51. The zero-order valence-corrected chi connectivity index (χ0v) is 10.6. The molecule has 0 aliphatic rings. The van der Waals surface area contributed by atoms with Crippen LogP contribution in [0.1, 0.15) is 18.4 Å². The topological polar surface area (TPSA) is 52.0 Å². The van der Waals surface area contributed by atoms with Gasteiger partial charge in [0.2, 0.25) is 0 Å². The molecule has 1 heterocycles. The Labute approximate surface area is 101 Å². The van der Waals surface area contributed by atoms with Crippen LogP contribution < -0.4 is 0 Å². The molecule has 17 heavy (non-hydrogen) atoms. The lowest BCUT2D eigenvalue weighted by Crippen LogP contribution is -2.14. The predicted octanol–water partition coefficient (Wildman–Crippen LogP) is 1.99. The maximum Gasteiger partial charge on any atom is 0.269 e. The van der Waals surface area contributed by atoms with Crippen LogP contribution in [0.3, 0.4) is 0 Å². The molecule has 0 saturated heterocycles. The van der Waals surface area contributed by atoms with Gasteiger partial charge in [0.1, 0.15) is 5.82 Å². The highest BCUT2D eigenvalue weighted by atomic mass is 32.2. The molecule has 2 rings (SSSR count). The van der Waals surface area contributed by atoms with E-state index in [9.17, 15) is 8.42 Å². The van der Waals surface area contributed by atoms with Gasteiger partial charge in [0.05, 0.1) is 10.6 Å². The monoisotopic (exact) mass is 250 g/mol. The lowest BCUT2D eigenvalue weighted by molar-refractivity contribution is 0.584. The second kappa shape index (κ2) is 4.33. The molecule has 2 aromatic rings. The second-order valence-corrected chi connectivity index (χ2v) is 5.58. The van der Waals surface area contributed by atoms with Crippen LogP contribution in [0.25, 0.3) is 0 Å². The summed E-state index contributed by atoms with van der Waals surface area (Å²) in [4.78, 5) is 4.49. The van der Waals surface area contributed by atoms with Crippen molar-refractivity contribution in [3.8, 4) is 0 Å². The summed E-state index contributed by atoms with van der Waals surface area (Å²) in [6.07, 6.45) is 2.14. The van der Waals surface area contributed by atoms with Gasteiger partial charge in [-0.1, -0.05) is 25.1 Å². The highest BCUT2D eigenvalue weighted by molar-refractivity contribution is 7.90. The minimum atomic E-state index is -3.51. The number of benzene rings is 1. The van der Waals surface area contributed by atoms with Crippen molar-refractivity contribution >= 4 is 10.0 Å². The first-order valence-corrected chi connectivity index (χ1v) is 6.85. The summed E-state index contributed by atoms with van der Waals surface area (Å²) < 4.78 is 26.0. The maximum absolute atomic E-state index is 12.3. The van der Waals surface area contributed by atoms with E-state index in [0.717, 1.165) is 0 Å². The number of rotatable bonds is 3. The Kier molecular flexibility index (Phi) is 3.02. The number of nitrogens with zero attached hydrogens (tertiary/aromatic N) is 2. The molecular weight excluding hydrogens is 236 g/mol. The first-order chi connectivity index (χ1) is 8.05. The van der Waals surface area contributed by atoms with E-state index in [4.69, 9.17) is 0 Å². The van der Waals surface area contributed by atoms with Gasteiger partial charge in [0, 0.05) is 12.6 Å². The van der Waals surface area contributed by atoms with E-state index in [0.29, 0.717) is 17.9 Å². The first-order valence-electron chi connectivity index (χ1n) is 5.41. The molecule has 90 valence electrons. The van der Waals surface area contributed by atoms with E-state index in [1.165, 1.54) is 3.97 Å². The Bertz CT molecular complexity index is 615. The van der Waals surface area contributed by atoms with Crippen molar-refractivity contribution in [2.45, 2.75) is 25.2 Å². The van der Waals surface area contributed by atoms with Crippen LogP contribution in [0.4, 0.5) is 0 Å². The molecule has 0 aliphatic carbocycles. The van der Waals surface area contributed by atoms with Crippen molar-refractivity contribution < 1.29 is 8.42 Å². The molecule has 1 aromatic heterocycles. The number of hydrogen-bond donors (Lipinski definition) is 0.